The standard InChI is InChI=1S/C42H58N2O11/c1-20-11-14-30(45)22(3)17-27-16-21(2)25(6)18-42(27)37(47)32(38(48)55-42)36(46)41(9)29(20)13-12-28-33(41)23(4)15-24(5)34(28)54-31-19-40(8,44(50)51)35(26(7)53-31)43-39(49)52-10/h11-13,16-17,23-31,33-35,45-46H,14-15,18-19H2,1-10H3,(H,43,49)/t23-,24-,25+,26-,27-,28-,29-,30-,31-,33+,34-,35-,40-,41+,42-/m0/s1. The first-order valence-corrected chi connectivity index (χ1v) is 19.6. The van der Waals surface area contributed by atoms with Crippen LogP contribution in [0.5, 0.6) is 0 Å². The van der Waals surface area contributed by atoms with E-state index in [2.05, 4.69) is 25.2 Å². The summed E-state index contributed by atoms with van der Waals surface area (Å²) < 4.78 is 23.9. The Balaban J connectivity index is 1.45. The van der Waals surface area contributed by atoms with Gasteiger partial charge in [0.1, 0.15) is 17.4 Å². The number of allylic oxidation sites excluding steroid dienone is 4. The van der Waals surface area contributed by atoms with Crippen LogP contribution < -0.4 is 5.32 Å². The fourth-order valence-electron chi connectivity index (χ4n) is 11.0. The number of nitro groups is 1. The second-order valence-corrected chi connectivity index (χ2v) is 17.7. The van der Waals surface area contributed by atoms with Crippen LogP contribution in [0.4, 0.5) is 4.79 Å². The van der Waals surface area contributed by atoms with Crippen LogP contribution in [-0.2, 0) is 28.5 Å². The van der Waals surface area contributed by atoms with Crippen molar-refractivity contribution in [2.45, 2.75) is 130 Å². The fourth-order valence-corrected chi connectivity index (χ4v) is 11.0. The van der Waals surface area contributed by atoms with Crippen LogP contribution in [0.25, 0.3) is 0 Å². The maximum Gasteiger partial charge on any atom is 0.407 e. The molecule has 2 aliphatic heterocycles. The normalized spacial score (nSPS) is 44.5. The summed E-state index contributed by atoms with van der Waals surface area (Å²) in [6.07, 6.45) is 6.90. The summed E-state index contributed by atoms with van der Waals surface area (Å²) in [6, 6.07) is -0.991. The lowest BCUT2D eigenvalue weighted by molar-refractivity contribution is -0.585. The smallest absolute Gasteiger partial charge is 0.407 e. The Hall–Kier alpha value is -3.81. The number of methoxy groups -OCH3 is 1. The third kappa shape index (κ3) is 6.57. The van der Waals surface area contributed by atoms with Gasteiger partial charge in [-0.05, 0) is 69.8 Å². The highest BCUT2D eigenvalue weighted by Crippen LogP contribution is 2.61. The van der Waals surface area contributed by atoms with Gasteiger partial charge in [-0.15, -0.1) is 0 Å². The first kappa shape index (κ1) is 40.8. The molecule has 1 spiro atoms. The molecule has 1 saturated carbocycles. The van der Waals surface area contributed by atoms with Gasteiger partial charge in [-0.1, -0.05) is 69.2 Å². The number of nitrogens with zero attached hydrogens (tertiary/aromatic N) is 1. The van der Waals surface area contributed by atoms with Gasteiger partial charge < -0.3 is 34.5 Å². The maximum atomic E-state index is 14.9. The summed E-state index contributed by atoms with van der Waals surface area (Å²) >= 11 is 0. The van der Waals surface area contributed by atoms with E-state index in [1.54, 1.807) is 6.92 Å². The Bertz CT molecular complexity index is 1780. The SMILES string of the molecule is COC(=O)N[C@H]1[C@H](C)O[C@@H](O[C@@H]2[C@H]3C=C[C@H]4C(C)=CC[C@H](O)C(C)=C[C@@H]5C=C(C)[C@H](C)C[C@]56OC(=O)C(=C(O)[C@@]4(C)[C@@H]3[C@@H](C)C[C@@H]2C)C6=O)C[C@]1(C)[N+](=O)[O-]. The zero-order valence-electron chi connectivity index (χ0n) is 33.7. The van der Waals surface area contributed by atoms with E-state index >= 15 is 0 Å². The lowest BCUT2D eigenvalue weighted by Crippen LogP contribution is -2.66. The Kier molecular flexibility index (Phi) is 10.8. The molecule has 2 bridgehead atoms. The van der Waals surface area contributed by atoms with Crippen molar-refractivity contribution < 1.29 is 48.5 Å². The van der Waals surface area contributed by atoms with Crippen molar-refractivity contribution in [2.24, 2.45) is 46.8 Å². The van der Waals surface area contributed by atoms with Gasteiger partial charge in [0.05, 0.1) is 31.8 Å². The Morgan fingerprint density at radius 2 is 1.69 bits per heavy atom. The number of aliphatic hydroxyl groups is 2. The van der Waals surface area contributed by atoms with Crippen molar-refractivity contribution in [1.29, 1.82) is 0 Å². The van der Waals surface area contributed by atoms with Crippen molar-refractivity contribution in [3.05, 3.63) is 68.5 Å². The van der Waals surface area contributed by atoms with E-state index in [0.29, 0.717) is 18.4 Å². The van der Waals surface area contributed by atoms with Crippen molar-refractivity contribution >= 4 is 17.8 Å². The number of amides is 1. The topological polar surface area (TPSA) is 184 Å². The van der Waals surface area contributed by atoms with E-state index in [1.807, 2.05) is 58.9 Å². The van der Waals surface area contributed by atoms with Gasteiger partial charge in [-0.25, -0.2) is 9.59 Å². The van der Waals surface area contributed by atoms with Crippen LogP contribution in [0.3, 0.4) is 0 Å². The predicted molar refractivity (Wildman–Crippen MR) is 202 cm³/mol. The first-order chi connectivity index (χ1) is 25.7. The number of alkyl carbamates (subject to hydrolysis) is 1. The second-order valence-electron chi connectivity index (χ2n) is 17.7. The van der Waals surface area contributed by atoms with Gasteiger partial charge in [0.2, 0.25) is 11.3 Å². The number of esters is 1. The number of rotatable bonds is 4. The highest BCUT2D eigenvalue weighted by molar-refractivity contribution is 6.26. The number of nitrogens with one attached hydrogen (secondary N) is 1. The average molecular weight is 767 g/mol. The molecule has 0 aromatic rings. The average Bonchev–Trinajstić information content (AvgIpc) is 3.36. The molecule has 0 aromatic heterocycles. The fraction of sp³-hybridized carbons (Fsp3) is 0.690. The van der Waals surface area contributed by atoms with Crippen molar-refractivity contribution in [3.8, 4) is 0 Å². The van der Waals surface area contributed by atoms with Crippen LogP contribution in [0.2, 0.25) is 0 Å². The summed E-state index contributed by atoms with van der Waals surface area (Å²) in [6.45, 7) is 16.9. The number of ether oxygens (including phenoxy) is 4. The molecule has 302 valence electrons. The minimum atomic E-state index is -1.64. The number of Topliss-reactive ketones (excluding diaryl/α,β-unsaturated/α-hetero) is 1. The van der Waals surface area contributed by atoms with Crippen LogP contribution >= 0.6 is 0 Å². The monoisotopic (exact) mass is 766 g/mol. The van der Waals surface area contributed by atoms with E-state index in [9.17, 15) is 34.7 Å². The van der Waals surface area contributed by atoms with Gasteiger partial charge in [-0.3, -0.25) is 14.9 Å². The molecular formula is C42H58N2O11. The molecule has 13 heteroatoms. The van der Waals surface area contributed by atoms with Gasteiger partial charge in [0, 0.05) is 41.4 Å². The minimum absolute atomic E-state index is 0.0311. The molecule has 2 saturated heterocycles. The quantitative estimate of drug-likeness (QED) is 0.0959. The summed E-state index contributed by atoms with van der Waals surface area (Å²) in [5.41, 5.74) is -2.17. The molecule has 6 rings (SSSR count). The number of hydrogen-bond acceptors (Lipinski definition) is 11. The molecule has 15 atom stereocenters. The van der Waals surface area contributed by atoms with E-state index in [1.165, 1.54) is 14.0 Å². The van der Waals surface area contributed by atoms with E-state index in [0.717, 1.165) is 11.1 Å². The molecule has 0 aromatic carbocycles. The molecule has 2 heterocycles. The maximum absolute atomic E-state index is 14.9. The molecule has 0 radical (unpaired) electrons. The number of carbonyl (C=O) groups excluding carboxylic acids is 3. The summed E-state index contributed by atoms with van der Waals surface area (Å²) in [7, 11) is 1.19. The number of aliphatic hydroxyl groups excluding tert-OH is 2. The van der Waals surface area contributed by atoms with Crippen molar-refractivity contribution in [2.75, 3.05) is 7.11 Å². The lowest BCUT2D eigenvalue weighted by atomic mass is 9.49. The van der Waals surface area contributed by atoms with Gasteiger partial charge >= 0.3 is 12.1 Å². The molecule has 6 aliphatic rings. The zero-order chi connectivity index (χ0) is 40.5. The summed E-state index contributed by atoms with van der Waals surface area (Å²) in [5, 5.41) is 39.2. The van der Waals surface area contributed by atoms with Crippen LogP contribution in [0, 0.1) is 57.0 Å². The highest BCUT2D eigenvalue weighted by atomic mass is 16.7. The molecular weight excluding hydrogens is 708 g/mol. The van der Waals surface area contributed by atoms with E-state index < -0.39 is 81.8 Å². The number of carbonyl (C=O) groups is 3. The minimum Gasteiger partial charge on any atom is -0.511 e. The molecule has 13 nitrogen and oxygen atoms in total. The Morgan fingerprint density at radius 3 is 2.35 bits per heavy atom. The number of fused-ring (bicyclic) bond motifs is 4. The van der Waals surface area contributed by atoms with E-state index in [4.69, 9.17) is 18.9 Å². The largest absolute Gasteiger partial charge is 0.511 e. The van der Waals surface area contributed by atoms with Crippen molar-refractivity contribution in [3.63, 3.8) is 0 Å². The zero-order valence-corrected chi connectivity index (χ0v) is 33.7. The number of hydrogen-bond donors (Lipinski definition) is 3. The van der Waals surface area contributed by atoms with Gasteiger partial charge in [-0.2, -0.15) is 0 Å². The van der Waals surface area contributed by atoms with Gasteiger partial charge in [0.25, 0.3) is 0 Å². The lowest BCUT2D eigenvalue weighted by Gasteiger charge is -2.57. The van der Waals surface area contributed by atoms with Crippen LogP contribution in [0.15, 0.2) is 58.4 Å². The van der Waals surface area contributed by atoms with Gasteiger partial charge in [0.15, 0.2) is 11.9 Å². The second kappa shape index (κ2) is 14.6. The summed E-state index contributed by atoms with van der Waals surface area (Å²) in [5.74, 6) is -3.69. The van der Waals surface area contributed by atoms with Crippen LogP contribution in [-0.4, -0.2) is 81.9 Å². The number of ketones is 1. The molecule has 4 aliphatic carbocycles. The third-order valence-corrected chi connectivity index (χ3v) is 14.2. The molecule has 1 amide bonds. The summed E-state index contributed by atoms with van der Waals surface area (Å²) in [4.78, 5) is 53.3. The first-order valence-electron chi connectivity index (χ1n) is 19.6. The van der Waals surface area contributed by atoms with Crippen LogP contribution in [0.1, 0.15) is 88.0 Å². The van der Waals surface area contributed by atoms with E-state index in [-0.39, 0.29) is 53.8 Å². The third-order valence-electron chi connectivity index (χ3n) is 14.2. The Morgan fingerprint density at radius 1 is 1.02 bits per heavy atom. The highest BCUT2D eigenvalue weighted by Gasteiger charge is 2.64. The molecule has 55 heavy (non-hydrogen) atoms. The molecule has 3 fully saturated rings. The predicted octanol–water partition coefficient (Wildman–Crippen LogP) is 6.30. The Labute approximate surface area is 323 Å². The molecule has 0 unspecified atom stereocenters. The molecule has 3 N–H and O–H groups in total. The van der Waals surface area contributed by atoms with Crippen molar-refractivity contribution in [1.82, 2.24) is 5.32 Å².